The van der Waals surface area contributed by atoms with Gasteiger partial charge >= 0.3 is 6.09 Å². The number of carbonyl (C=O) groups is 1. The van der Waals surface area contributed by atoms with E-state index in [4.69, 9.17) is 14.6 Å². The van der Waals surface area contributed by atoms with Crippen LogP contribution in [0.5, 0.6) is 5.75 Å². The Bertz CT molecular complexity index is 496. The molecule has 0 saturated carbocycles. The van der Waals surface area contributed by atoms with Crippen molar-refractivity contribution in [2.24, 2.45) is 0 Å². The van der Waals surface area contributed by atoms with Crippen LogP contribution in [-0.4, -0.2) is 24.0 Å². The fourth-order valence-corrected chi connectivity index (χ4v) is 1.90. The van der Waals surface area contributed by atoms with E-state index in [1.165, 1.54) is 7.05 Å². The van der Waals surface area contributed by atoms with E-state index in [1.807, 2.05) is 26.8 Å². The van der Waals surface area contributed by atoms with Gasteiger partial charge in [-0.15, -0.1) is 0 Å². The minimum atomic E-state index is -1.02. The van der Waals surface area contributed by atoms with Crippen molar-refractivity contribution in [1.82, 2.24) is 0 Å². The Hall–Kier alpha value is -1.75. The van der Waals surface area contributed by atoms with Crippen LogP contribution in [0.4, 0.5) is 10.5 Å². The summed E-state index contributed by atoms with van der Waals surface area (Å²) < 4.78 is 11.4. The summed E-state index contributed by atoms with van der Waals surface area (Å²) in [6, 6.07) is 3.63. The molecule has 1 aliphatic rings. The molecule has 0 saturated heterocycles. The largest absolute Gasteiger partial charge is 0.465 e. The third-order valence-electron chi connectivity index (χ3n) is 3.03. The van der Waals surface area contributed by atoms with Gasteiger partial charge in [0.05, 0.1) is 12.3 Å². The van der Waals surface area contributed by atoms with Crippen LogP contribution in [0.25, 0.3) is 0 Å². The molecule has 1 aliphatic heterocycles. The molecule has 2 rings (SSSR count). The zero-order valence-electron chi connectivity index (χ0n) is 11.0. The summed E-state index contributed by atoms with van der Waals surface area (Å²) in [6.07, 6.45) is -1.02. The zero-order valence-corrected chi connectivity index (χ0v) is 11.0. The average Bonchev–Trinajstić information content (AvgIpc) is 2.27. The first-order chi connectivity index (χ1) is 8.32. The monoisotopic (exact) mass is 251 g/mol. The summed E-state index contributed by atoms with van der Waals surface area (Å²) in [6.45, 7) is 6.00. The molecule has 0 aliphatic carbocycles. The van der Waals surface area contributed by atoms with E-state index in [0.717, 1.165) is 16.0 Å². The maximum atomic E-state index is 11.1. The molecule has 1 amide bonds. The Labute approximate surface area is 106 Å². The molecule has 0 bridgehead atoms. The highest BCUT2D eigenvalue weighted by molar-refractivity contribution is 5.88. The zero-order chi connectivity index (χ0) is 13.5. The maximum absolute atomic E-state index is 11.1. The molecule has 98 valence electrons. The Morgan fingerprint density at radius 2 is 2.11 bits per heavy atom. The standard InChI is InChI=1S/C13H17NO4/c1-8-5-6-10(14(4)12(15)16)11-9(8)7-17-13(2,3)18-11/h5-6H,7H2,1-4H3,(H,15,16). The summed E-state index contributed by atoms with van der Waals surface area (Å²) in [5.41, 5.74) is 2.47. The third-order valence-corrected chi connectivity index (χ3v) is 3.03. The second-order valence-corrected chi connectivity index (χ2v) is 4.84. The summed E-state index contributed by atoms with van der Waals surface area (Å²) in [5.74, 6) is -0.148. The van der Waals surface area contributed by atoms with Crippen molar-refractivity contribution in [2.45, 2.75) is 33.2 Å². The highest BCUT2D eigenvalue weighted by Crippen LogP contribution is 2.40. The molecular formula is C13H17NO4. The molecule has 0 unspecified atom stereocenters. The van der Waals surface area contributed by atoms with Gasteiger partial charge in [0.1, 0.15) is 0 Å². The van der Waals surface area contributed by atoms with Crippen molar-refractivity contribution < 1.29 is 19.4 Å². The Morgan fingerprint density at radius 3 is 2.72 bits per heavy atom. The Balaban J connectivity index is 2.54. The van der Waals surface area contributed by atoms with Gasteiger partial charge < -0.3 is 14.6 Å². The van der Waals surface area contributed by atoms with Crippen molar-refractivity contribution >= 4 is 11.8 Å². The number of aryl methyl sites for hydroxylation is 1. The lowest BCUT2D eigenvalue weighted by atomic mass is 10.0. The van der Waals surface area contributed by atoms with Crippen molar-refractivity contribution in [1.29, 1.82) is 0 Å². The van der Waals surface area contributed by atoms with E-state index < -0.39 is 11.9 Å². The lowest BCUT2D eigenvalue weighted by Crippen LogP contribution is -2.37. The SMILES string of the molecule is Cc1ccc(N(C)C(=O)O)c2c1COC(C)(C)O2. The fraction of sp³-hybridized carbons (Fsp3) is 0.462. The van der Waals surface area contributed by atoms with Crippen LogP contribution in [0, 0.1) is 6.92 Å². The van der Waals surface area contributed by atoms with Gasteiger partial charge in [0.15, 0.2) is 5.75 Å². The van der Waals surface area contributed by atoms with Gasteiger partial charge in [0.2, 0.25) is 5.79 Å². The van der Waals surface area contributed by atoms with Crippen LogP contribution in [0.3, 0.4) is 0 Å². The quantitative estimate of drug-likeness (QED) is 0.833. The van der Waals surface area contributed by atoms with E-state index in [2.05, 4.69) is 0 Å². The topological polar surface area (TPSA) is 59.0 Å². The van der Waals surface area contributed by atoms with Crippen LogP contribution >= 0.6 is 0 Å². The lowest BCUT2D eigenvalue weighted by molar-refractivity contribution is -0.179. The summed E-state index contributed by atoms with van der Waals surface area (Å²) >= 11 is 0. The fourth-order valence-electron chi connectivity index (χ4n) is 1.90. The van der Waals surface area contributed by atoms with Gasteiger partial charge in [0.25, 0.3) is 0 Å². The minimum absolute atomic E-state index is 0.426. The van der Waals surface area contributed by atoms with E-state index in [0.29, 0.717) is 18.0 Å². The van der Waals surface area contributed by atoms with E-state index in [1.54, 1.807) is 6.07 Å². The van der Waals surface area contributed by atoms with Gasteiger partial charge in [-0.05, 0) is 18.6 Å². The van der Waals surface area contributed by atoms with Gasteiger partial charge in [-0.2, -0.15) is 0 Å². The molecule has 18 heavy (non-hydrogen) atoms. The predicted octanol–water partition coefficient (Wildman–Crippen LogP) is 2.75. The van der Waals surface area contributed by atoms with Gasteiger partial charge in [-0.3, -0.25) is 4.90 Å². The van der Waals surface area contributed by atoms with Crippen molar-refractivity contribution in [3.8, 4) is 5.75 Å². The van der Waals surface area contributed by atoms with Gasteiger partial charge in [0, 0.05) is 26.5 Å². The molecule has 5 nitrogen and oxygen atoms in total. The maximum Gasteiger partial charge on any atom is 0.411 e. The Morgan fingerprint density at radius 1 is 1.44 bits per heavy atom. The van der Waals surface area contributed by atoms with E-state index >= 15 is 0 Å². The minimum Gasteiger partial charge on any atom is -0.465 e. The molecule has 5 heteroatoms. The van der Waals surface area contributed by atoms with Crippen LogP contribution in [0.1, 0.15) is 25.0 Å². The van der Waals surface area contributed by atoms with Gasteiger partial charge in [-0.25, -0.2) is 4.79 Å². The third kappa shape index (κ3) is 2.13. The highest BCUT2D eigenvalue weighted by atomic mass is 16.7. The number of rotatable bonds is 1. The predicted molar refractivity (Wildman–Crippen MR) is 67.1 cm³/mol. The number of carboxylic acid groups (broad SMARTS) is 1. The molecule has 0 spiro atoms. The first kappa shape index (κ1) is 12.7. The van der Waals surface area contributed by atoms with Crippen molar-refractivity contribution in [3.05, 3.63) is 23.3 Å². The number of anilines is 1. The number of nitrogens with zero attached hydrogens (tertiary/aromatic N) is 1. The number of fused-ring (bicyclic) bond motifs is 1. The van der Waals surface area contributed by atoms with Crippen LogP contribution in [-0.2, 0) is 11.3 Å². The molecule has 1 aromatic rings. The van der Waals surface area contributed by atoms with Crippen molar-refractivity contribution in [3.63, 3.8) is 0 Å². The molecule has 1 N–H and O–H groups in total. The second-order valence-electron chi connectivity index (χ2n) is 4.84. The highest BCUT2D eigenvalue weighted by Gasteiger charge is 2.31. The number of hydrogen-bond acceptors (Lipinski definition) is 3. The van der Waals surface area contributed by atoms with E-state index in [9.17, 15) is 4.79 Å². The summed E-state index contributed by atoms with van der Waals surface area (Å²) in [4.78, 5) is 12.2. The smallest absolute Gasteiger partial charge is 0.411 e. The van der Waals surface area contributed by atoms with Gasteiger partial charge in [-0.1, -0.05) is 6.07 Å². The second kappa shape index (κ2) is 4.17. The van der Waals surface area contributed by atoms with Crippen LogP contribution in [0.2, 0.25) is 0 Å². The van der Waals surface area contributed by atoms with E-state index in [-0.39, 0.29) is 0 Å². The summed E-state index contributed by atoms with van der Waals surface area (Å²) in [5, 5.41) is 9.08. The number of ether oxygens (including phenoxy) is 2. The normalized spacial score (nSPS) is 16.7. The summed E-state index contributed by atoms with van der Waals surface area (Å²) in [7, 11) is 1.50. The molecule has 1 heterocycles. The molecule has 0 fully saturated rings. The van der Waals surface area contributed by atoms with Crippen LogP contribution in [0.15, 0.2) is 12.1 Å². The first-order valence-corrected chi connectivity index (χ1v) is 5.74. The van der Waals surface area contributed by atoms with Crippen LogP contribution < -0.4 is 9.64 Å². The van der Waals surface area contributed by atoms with Crippen molar-refractivity contribution in [2.75, 3.05) is 11.9 Å². The number of benzene rings is 1. The average molecular weight is 251 g/mol. The molecule has 0 atom stereocenters. The lowest BCUT2D eigenvalue weighted by Gasteiger charge is -2.35. The Kier molecular flexibility index (Phi) is 2.94. The number of hydrogen-bond donors (Lipinski definition) is 1. The molecule has 0 aromatic heterocycles. The molecular weight excluding hydrogens is 234 g/mol. The number of amides is 1. The molecule has 1 aromatic carbocycles. The molecule has 0 radical (unpaired) electrons. The first-order valence-electron chi connectivity index (χ1n) is 5.74.